The minimum Gasteiger partial charge on any atom is -0.243 e. The van der Waals surface area contributed by atoms with Crippen LogP contribution in [0.5, 0.6) is 0 Å². The Kier molecular flexibility index (Phi) is 1.98. The summed E-state index contributed by atoms with van der Waals surface area (Å²) in [5.74, 6) is 0. The molecule has 1 aliphatic heterocycles. The van der Waals surface area contributed by atoms with E-state index in [1.54, 1.807) is 0 Å². The zero-order valence-corrected chi connectivity index (χ0v) is 6.12. The van der Waals surface area contributed by atoms with Gasteiger partial charge in [0, 0.05) is 13.8 Å². The summed E-state index contributed by atoms with van der Waals surface area (Å²) in [6.45, 7) is 6.39. The van der Waals surface area contributed by atoms with Gasteiger partial charge in [0.1, 0.15) is 6.42 Å². The van der Waals surface area contributed by atoms with Crippen LogP contribution in [0.4, 0.5) is 0 Å². The smallest absolute Gasteiger partial charge is 0.198 e. The Morgan fingerprint density at radius 1 is 1.00 bits per heavy atom. The highest BCUT2D eigenvalue weighted by atomic mass is 14.8. The Balaban J connectivity index is 2.61. The van der Waals surface area contributed by atoms with E-state index in [0.29, 0.717) is 0 Å². The minimum absolute atomic E-state index is 1.06. The van der Waals surface area contributed by atoms with Crippen molar-refractivity contribution in [1.82, 2.24) is 0 Å². The van der Waals surface area contributed by atoms with Gasteiger partial charge in [-0.2, -0.15) is 0 Å². The Morgan fingerprint density at radius 3 is 1.89 bits per heavy atom. The third kappa shape index (κ3) is 1.96. The van der Waals surface area contributed by atoms with Crippen molar-refractivity contribution in [2.75, 3.05) is 13.1 Å². The first-order valence-electron chi connectivity index (χ1n) is 3.41. The monoisotopic (exact) mass is 126 g/mol. The van der Waals surface area contributed by atoms with E-state index >= 15 is 0 Å². The van der Waals surface area contributed by atoms with Crippen LogP contribution >= 0.6 is 0 Å². The molecule has 2 heteroatoms. The first-order chi connectivity index (χ1) is 4.29. The van der Waals surface area contributed by atoms with E-state index in [-0.39, 0.29) is 0 Å². The molecule has 0 atom stereocenters. The minimum atomic E-state index is 1.06. The van der Waals surface area contributed by atoms with Crippen molar-refractivity contribution in [3.05, 3.63) is 0 Å². The Morgan fingerprint density at radius 2 is 1.44 bits per heavy atom. The van der Waals surface area contributed by atoms with Gasteiger partial charge in [0.25, 0.3) is 0 Å². The van der Waals surface area contributed by atoms with E-state index < -0.39 is 0 Å². The highest BCUT2D eigenvalue weighted by Crippen LogP contribution is 1.77. The maximum absolute atomic E-state index is 3.31. The van der Waals surface area contributed by atoms with E-state index in [4.69, 9.17) is 0 Å². The lowest BCUT2D eigenvalue weighted by molar-refractivity contribution is -0.533. The van der Waals surface area contributed by atoms with Crippen LogP contribution in [-0.2, 0) is 0 Å². The second kappa shape index (κ2) is 2.76. The number of hydrogen-bond donors (Lipinski definition) is 2. The summed E-state index contributed by atoms with van der Waals surface area (Å²) in [4.78, 5) is 6.62. The Labute approximate surface area is 55.7 Å². The van der Waals surface area contributed by atoms with Gasteiger partial charge in [-0.1, -0.05) is 0 Å². The topological polar surface area (TPSA) is 27.9 Å². The molecule has 0 aromatic heterocycles. The fourth-order valence-electron chi connectivity index (χ4n) is 1.07. The summed E-state index contributed by atoms with van der Waals surface area (Å²) in [7, 11) is 0. The van der Waals surface area contributed by atoms with Crippen LogP contribution in [0.1, 0.15) is 20.3 Å². The molecule has 0 unspecified atom stereocenters. The van der Waals surface area contributed by atoms with Gasteiger partial charge in [-0.15, -0.1) is 0 Å². The van der Waals surface area contributed by atoms with Crippen LogP contribution < -0.4 is 9.98 Å². The van der Waals surface area contributed by atoms with Gasteiger partial charge in [0.05, 0.1) is 0 Å². The summed E-state index contributed by atoms with van der Waals surface area (Å²) < 4.78 is 0. The molecular weight excluding hydrogens is 112 g/mol. The fourth-order valence-corrected chi connectivity index (χ4v) is 1.07. The number of hydrogen-bond acceptors (Lipinski definition) is 0. The largest absolute Gasteiger partial charge is 0.243 e. The maximum atomic E-state index is 3.31. The van der Waals surface area contributed by atoms with Gasteiger partial charge in [-0.05, 0) is 0 Å². The molecule has 50 valence electrons. The predicted molar refractivity (Wildman–Crippen MR) is 37.6 cm³/mol. The van der Waals surface area contributed by atoms with Crippen LogP contribution in [0.3, 0.4) is 0 Å². The van der Waals surface area contributed by atoms with Gasteiger partial charge in [-0.3, -0.25) is 0 Å². The SMILES string of the molecule is CC1=[NH+]CC[NH+]=C(C)C1. The van der Waals surface area contributed by atoms with Crippen LogP contribution in [0, 0.1) is 0 Å². The van der Waals surface area contributed by atoms with Gasteiger partial charge >= 0.3 is 0 Å². The van der Waals surface area contributed by atoms with Gasteiger partial charge in [0.15, 0.2) is 24.5 Å². The lowest BCUT2D eigenvalue weighted by atomic mass is 10.2. The average molecular weight is 126 g/mol. The second-order valence-corrected chi connectivity index (χ2v) is 2.59. The fraction of sp³-hybridized carbons (Fsp3) is 0.714. The maximum Gasteiger partial charge on any atom is 0.198 e. The predicted octanol–water partition coefficient (Wildman–Crippen LogP) is -2.53. The van der Waals surface area contributed by atoms with Crippen molar-refractivity contribution in [1.29, 1.82) is 0 Å². The van der Waals surface area contributed by atoms with E-state index in [1.807, 2.05) is 0 Å². The van der Waals surface area contributed by atoms with Crippen LogP contribution in [0.25, 0.3) is 0 Å². The lowest BCUT2D eigenvalue weighted by Crippen LogP contribution is -2.80. The summed E-state index contributed by atoms with van der Waals surface area (Å²) >= 11 is 0. The molecular formula is C7H14N2+2. The molecule has 1 aliphatic rings. The summed E-state index contributed by atoms with van der Waals surface area (Å²) in [6.07, 6.45) is 1.08. The molecule has 0 fully saturated rings. The van der Waals surface area contributed by atoms with Crippen molar-refractivity contribution >= 4 is 11.4 Å². The molecule has 0 bridgehead atoms. The third-order valence-electron chi connectivity index (χ3n) is 1.51. The summed E-state index contributed by atoms with van der Waals surface area (Å²) in [6, 6.07) is 0. The quantitative estimate of drug-likeness (QED) is 0.358. The van der Waals surface area contributed by atoms with Crippen molar-refractivity contribution in [3.8, 4) is 0 Å². The standard InChI is InChI=1S/C7H12N2/c1-6-5-7(2)9-4-3-8-6/h3-5H2,1-2H3/p+2. The molecule has 2 nitrogen and oxygen atoms in total. The van der Waals surface area contributed by atoms with Crippen molar-refractivity contribution in [3.63, 3.8) is 0 Å². The first kappa shape index (κ1) is 6.46. The van der Waals surface area contributed by atoms with Crippen molar-refractivity contribution in [2.24, 2.45) is 0 Å². The van der Waals surface area contributed by atoms with Crippen molar-refractivity contribution in [2.45, 2.75) is 20.3 Å². The highest BCUT2D eigenvalue weighted by Gasteiger charge is 2.08. The molecule has 2 N–H and O–H groups in total. The van der Waals surface area contributed by atoms with Crippen LogP contribution in [0.2, 0.25) is 0 Å². The number of rotatable bonds is 0. The molecule has 0 aromatic rings. The summed E-state index contributed by atoms with van der Waals surface area (Å²) in [5.41, 5.74) is 2.75. The highest BCUT2D eigenvalue weighted by molar-refractivity contribution is 5.97. The molecule has 0 saturated carbocycles. The molecule has 9 heavy (non-hydrogen) atoms. The van der Waals surface area contributed by atoms with E-state index in [1.165, 1.54) is 11.4 Å². The van der Waals surface area contributed by atoms with E-state index in [9.17, 15) is 0 Å². The molecule has 1 rings (SSSR count). The lowest BCUT2D eigenvalue weighted by Gasteiger charge is -1.82. The van der Waals surface area contributed by atoms with Gasteiger partial charge in [-0.25, -0.2) is 9.98 Å². The van der Waals surface area contributed by atoms with E-state index in [2.05, 4.69) is 23.8 Å². The first-order valence-corrected chi connectivity index (χ1v) is 3.41. The van der Waals surface area contributed by atoms with Crippen LogP contribution in [-0.4, -0.2) is 24.5 Å². The molecule has 0 amide bonds. The molecule has 0 saturated heterocycles. The molecule has 0 radical (unpaired) electrons. The molecule has 0 aromatic carbocycles. The normalized spacial score (nSPS) is 20.2. The van der Waals surface area contributed by atoms with E-state index in [0.717, 1.165) is 19.5 Å². The molecule has 0 aliphatic carbocycles. The molecule has 1 heterocycles. The van der Waals surface area contributed by atoms with Crippen molar-refractivity contribution < 1.29 is 9.98 Å². The Hall–Kier alpha value is -0.660. The molecule has 0 spiro atoms. The number of nitrogens with one attached hydrogen (secondary N) is 2. The van der Waals surface area contributed by atoms with Gasteiger partial charge in [0.2, 0.25) is 0 Å². The van der Waals surface area contributed by atoms with Gasteiger partial charge < -0.3 is 0 Å². The second-order valence-electron chi connectivity index (χ2n) is 2.59. The average Bonchev–Trinajstić information content (AvgIpc) is 1.93. The van der Waals surface area contributed by atoms with Crippen LogP contribution in [0.15, 0.2) is 0 Å². The Bertz CT molecular complexity index is 138. The third-order valence-corrected chi connectivity index (χ3v) is 1.51. The zero-order chi connectivity index (χ0) is 6.69. The zero-order valence-electron chi connectivity index (χ0n) is 6.12. The summed E-state index contributed by atoms with van der Waals surface area (Å²) in [5, 5.41) is 0.